The van der Waals surface area contributed by atoms with E-state index in [1.807, 2.05) is 0 Å². The van der Waals surface area contributed by atoms with E-state index in [9.17, 15) is 9.18 Å². The zero-order valence-corrected chi connectivity index (χ0v) is 9.95. The highest BCUT2D eigenvalue weighted by molar-refractivity contribution is 5.78. The van der Waals surface area contributed by atoms with Crippen LogP contribution in [0.4, 0.5) is 4.39 Å². The molecule has 0 amide bonds. The van der Waals surface area contributed by atoms with Gasteiger partial charge in [-0.3, -0.25) is 4.79 Å². The van der Waals surface area contributed by atoms with Gasteiger partial charge in [-0.2, -0.15) is 0 Å². The Morgan fingerprint density at radius 2 is 2.00 bits per heavy atom. The summed E-state index contributed by atoms with van der Waals surface area (Å²) in [6, 6.07) is 7.73. The van der Waals surface area contributed by atoms with Gasteiger partial charge < -0.3 is 4.57 Å². The zero-order valence-electron chi connectivity index (χ0n) is 9.95. The topological polar surface area (TPSA) is 22.0 Å². The summed E-state index contributed by atoms with van der Waals surface area (Å²) in [5.74, 6) is -0.267. The number of halogens is 1. The Kier molecular flexibility index (Phi) is 3.57. The number of rotatable bonds is 4. The van der Waals surface area contributed by atoms with E-state index in [0.29, 0.717) is 6.54 Å². The Hall–Kier alpha value is -1.64. The second-order valence-electron chi connectivity index (χ2n) is 4.23. The molecule has 1 aromatic heterocycles. The van der Waals surface area contributed by atoms with Gasteiger partial charge >= 0.3 is 0 Å². The van der Waals surface area contributed by atoms with Gasteiger partial charge in [-0.1, -0.05) is 19.8 Å². The SMILES string of the molecule is CCCCCn1c(=O)ccc2cc(F)ccc21. The van der Waals surface area contributed by atoms with E-state index in [4.69, 9.17) is 0 Å². The first-order chi connectivity index (χ1) is 8.22. The first kappa shape index (κ1) is 11.8. The van der Waals surface area contributed by atoms with Gasteiger partial charge in [0.15, 0.2) is 0 Å². The number of aryl methyl sites for hydroxylation is 1. The Labute approximate surface area is 99.7 Å². The number of hydrogen-bond acceptors (Lipinski definition) is 1. The van der Waals surface area contributed by atoms with Crippen LogP contribution in [0.3, 0.4) is 0 Å². The normalized spacial score (nSPS) is 10.9. The maximum Gasteiger partial charge on any atom is 0.251 e. The largest absolute Gasteiger partial charge is 0.308 e. The summed E-state index contributed by atoms with van der Waals surface area (Å²) in [4.78, 5) is 11.8. The number of aromatic nitrogens is 1. The number of benzene rings is 1. The minimum atomic E-state index is -0.267. The molecular formula is C14H16FNO. The average molecular weight is 233 g/mol. The van der Waals surface area contributed by atoms with Crippen molar-refractivity contribution in [2.24, 2.45) is 0 Å². The van der Waals surface area contributed by atoms with Crippen LogP contribution in [0, 0.1) is 5.82 Å². The minimum Gasteiger partial charge on any atom is -0.308 e. The molecule has 0 atom stereocenters. The molecule has 1 aromatic carbocycles. The summed E-state index contributed by atoms with van der Waals surface area (Å²) in [7, 11) is 0. The molecule has 2 nitrogen and oxygen atoms in total. The molecule has 3 heteroatoms. The lowest BCUT2D eigenvalue weighted by Gasteiger charge is -2.09. The zero-order chi connectivity index (χ0) is 12.3. The van der Waals surface area contributed by atoms with Gasteiger partial charge in [0.05, 0.1) is 5.52 Å². The van der Waals surface area contributed by atoms with E-state index >= 15 is 0 Å². The third-order valence-electron chi connectivity index (χ3n) is 2.94. The molecule has 2 rings (SSSR count). The standard InChI is InChI=1S/C14H16FNO/c1-2-3-4-9-16-13-7-6-12(15)10-11(13)5-8-14(16)17/h5-8,10H,2-4,9H2,1H3. The van der Waals surface area contributed by atoms with Gasteiger partial charge in [-0.25, -0.2) is 4.39 Å². The molecule has 0 bridgehead atoms. The quantitative estimate of drug-likeness (QED) is 0.742. The third kappa shape index (κ3) is 2.54. The predicted octanol–water partition coefficient (Wildman–Crippen LogP) is 3.33. The Balaban J connectivity index is 2.44. The van der Waals surface area contributed by atoms with E-state index in [1.54, 1.807) is 16.7 Å². The van der Waals surface area contributed by atoms with E-state index in [1.165, 1.54) is 18.2 Å². The lowest BCUT2D eigenvalue weighted by atomic mass is 10.2. The number of pyridine rings is 1. The van der Waals surface area contributed by atoms with E-state index in [0.717, 1.165) is 30.2 Å². The van der Waals surface area contributed by atoms with E-state index in [2.05, 4.69) is 6.92 Å². The fourth-order valence-corrected chi connectivity index (χ4v) is 2.02. The molecule has 0 aliphatic rings. The molecule has 17 heavy (non-hydrogen) atoms. The van der Waals surface area contributed by atoms with Crippen LogP contribution in [0.1, 0.15) is 26.2 Å². The van der Waals surface area contributed by atoms with Crippen LogP contribution in [0.15, 0.2) is 35.1 Å². The van der Waals surface area contributed by atoms with Gasteiger partial charge in [0.1, 0.15) is 5.82 Å². The van der Waals surface area contributed by atoms with Gasteiger partial charge in [0, 0.05) is 18.0 Å². The molecular weight excluding hydrogens is 217 g/mol. The summed E-state index contributed by atoms with van der Waals surface area (Å²) < 4.78 is 14.8. The molecule has 0 N–H and O–H groups in total. The highest BCUT2D eigenvalue weighted by Crippen LogP contribution is 2.14. The summed E-state index contributed by atoms with van der Waals surface area (Å²) in [5, 5.41) is 0.779. The molecule has 0 radical (unpaired) electrons. The second-order valence-corrected chi connectivity index (χ2v) is 4.23. The highest BCUT2D eigenvalue weighted by atomic mass is 19.1. The molecule has 0 fully saturated rings. The fourth-order valence-electron chi connectivity index (χ4n) is 2.02. The lowest BCUT2D eigenvalue weighted by molar-refractivity contribution is 0.601. The van der Waals surface area contributed by atoms with Crippen molar-refractivity contribution < 1.29 is 4.39 Å². The Bertz CT molecular complexity index is 574. The van der Waals surface area contributed by atoms with Crippen LogP contribution in [0.2, 0.25) is 0 Å². The van der Waals surface area contributed by atoms with Gasteiger partial charge in [-0.15, -0.1) is 0 Å². The summed E-state index contributed by atoms with van der Waals surface area (Å²) in [6.07, 6.45) is 3.20. The van der Waals surface area contributed by atoms with Crippen molar-refractivity contribution >= 4 is 10.9 Å². The summed E-state index contributed by atoms with van der Waals surface area (Å²) in [5.41, 5.74) is 0.801. The van der Waals surface area contributed by atoms with Crippen molar-refractivity contribution in [2.75, 3.05) is 0 Å². The van der Waals surface area contributed by atoms with Crippen LogP contribution in [-0.4, -0.2) is 4.57 Å². The van der Waals surface area contributed by atoms with Gasteiger partial charge in [0.25, 0.3) is 5.56 Å². The monoisotopic (exact) mass is 233 g/mol. The molecule has 0 saturated heterocycles. The summed E-state index contributed by atoms with van der Waals surface area (Å²) >= 11 is 0. The van der Waals surface area contributed by atoms with Crippen LogP contribution in [0.25, 0.3) is 10.9 Å². The minimum absolute atomic E-state index is 0.0137. The maximum atomic E-state index is 13.1. The number of nitrogens with zero attached hydrogens (tertiary/aromatic N) is 1. The molecule has 90 valence electrons. The molecule has 0 saturated carbocycles. The van der Waals surface area contributed by atoms with Crippen LogP contribution in [-0.2, 0) is 6.54 Å². The molecule has 0 spiro atoms. The Morgan fingerprint density at radius 3 is 2.76 bits per heavy atom. The average Bonchev–Trinajstić information content (AvgIpc) is 2.32. The molecule has 0 aliphatic carbocycles. The van der Waals surface area contributed by atoms with Crippen LogP contribution < -0.4 is 5.56 Å². The van der Waals surface area contributed by atoms with E-state index < -0.39 is 0 Å². The van der Waals surface area contributed by atoms with Crippen LogP contribution in [0.5, 0.6) is 0 Å². The molecule has 0 unspecified atom stereocenters. The first-order valence-corrected chi connectivity index (χ1v) is 6.01. The van der Waals surface area contributed by atoms with Crippen molar-refractivity contribution in [3.63, 3.8) is 0 Å². The van der Waals surface area contributed by atoms with Gasteiger partial charge in [0.2, 0.25) is 0 Å². The summed E-state index contributed by atoms with van der Waals surface area (Å²) in [6.45, 7) is 2.83. The van der Waals surface area contributed by atoms with Crippen molar-refractivity contribution in [3.05, 3.63) is 46.5 Å². The fraction of sp³-hybridized carbons (Fsp3) is 0.357. The molecule has 2 aromatic rings. The van der Waals surface area contributed by atoms with Crippen molar-refractivity contribution in [2.45, 2.75) is 32.7 Å². The molecule has 1 heterocycles. The van der Waals surface area contributed by atoms with Crippen molar-refractivity contribution in [1.82, 2.24) is 4.57 Å². The van der Waals surface area contributed by atoms with Gasteiger partial charge in [-0.05, 0) is 30.7 Å². The Morgan fingerprint density at radius 1 is 1.18 bits per heavy atom. The number of fused-ring (bicyclic) bond motifs is 1. The van der Waals surface area contributed by atoms with Crippen molar-refractivity contribution in [3.8, 4) is 0 Å². The molecule has 0 aliphatic heterocycles. The lowest BCUT2D eigenvalue weighted by Crippen LogP contribution is -2.19. The van der Waals surface area contributed by atoms with E-state index in [-0.39, 0.29) is 11.4 Å². The smallest absolute Gasteiger partial charge is 0.251 e. The number of hydrogen-bond donors (Lipinski definition) is 0. The predicted molar refractivity (Wildman–Crippen MR) is 67.7 cm³/mol. The maximum absolute atomic E-state index is 13.1. The highest BCUT2D eigenvalue weighted by Gasteiger charge is 2.03. The van der Waals surface area contributed by atoms with Crippen LogP contribution >= 0.6 is 0 Å². The second kappa shape index (κ2) is 5.13. The van der Waals surface area contributed by atoms with Crippen molar-refractivity contribution in [1.29, 1.82) is 0 Å². The third-order valence-corrected chi connectivity index (χ3v) is 2.94. The number of unbranched alkanes of at least 4 members (excludes halogenated alkanes) is 2. The first-order valence-electron chi connectivity index (χ1n) is 6.01.